The summed E-state index contributed by atoms with van der Waals surface area (Å²) in [6.45, 7) is 1.57. The molecule has 27 heavy (non-hydrogen) atoms. The maximum atomic E-state index is 13.2. The Bertz CT molecular complexity index is 787. The highest BCUT2D eigenvalue weighted by molar-refractivity contribution is 7.99. The molecule has 0 bridgehead atoms. The van der Waals surface area contributed by atoms with Gasteiger partial charge in [0.1, 0.15) is 10.8 Å². The third kappa shape index (κ3) is 4.13. The molecule has 142 valence electrons. The van der Waals surface area contributed by atoms with Crippen LogP contribution in [0.4, 0.5) is 0 Å². The van der Waals surface area contributed by atoms with Crippen LogP contribution in [0.3, 0.4) is 0 Å². The fourth-order valence-electron chi connectivity index (χ4n) is 4.07. The lowest BCUT2D eigenvalue weighted by atomic mass is 9.98. The first-order valence-electron chi connectivity index (χ1n) is 9.79. The molecule has 4 nitrogen and oxygen atoms in total. The summed E-state index contributed by atoms with van der Waals surface area (Å²) in [6, 6.07) is 12.0. The molecule has 1 aliphatic heterocycles. The van der Waals surface area contributed by atoms with Gasteiger partial charge in [0, 0.05) is 30.5 Å². The van der Waals surface area contributed by atoms with Crippen molar-refractivity contribution in [2.24, 2.45) is 0 Å². The molecule has 4 rings (SSSR count). The van der Waals surface area contributed by atoms with Crippen LogP contribution in [0.2, 0.25) is 0 Å². The van der Waals surface area contributed by atoms with E-state index in [2.05, 4.69) is 17.1 Å². The van der Waals surface area contributed by atoms with Crippen LogP contribution in [0.1, 0.15) is 53.9 Å². The number of carbonyl (C=O) groups excluding carboxylic acids is 1. The Kier molecular flexibility index (Phi) is 5.67. The number of pyridine rings is 1. The molecular formula is C22H26N2O2S. The summed E-state index contributed by atoms with van der Waals surface area (Å²) in [6.07, 6.45) is 7.87. The van der Waals surface area contributed by atoms with Crippen molar-refractivity contribution in [3.05, 3.63) is 53.7 Å². The Morgan fingerprint density at radius 2 is 1.93 bits per heavy atom. The van der Waals surface area contributed by atoms with Gasteiger partial charge in [0.25, 0.3) is 5.91 Å². The lowest BCUT2D eigenvalue weighted by Crippen LogP contribution is -2.29. The molecule has 0 N–H and O–H groups in total. The van der Waals surface area contributed by atoms with Crippen molar-refractivity contribution in [2.75, 3.05) is 20.2 Å². The smallest absolute Gasteiger partial charge is 0.256 e. The molecule has 1 aliphatic carbocycles. The molecule has 2 fully saturated rings. The van der Waals surface area contributed by atoms with Gasteiger partial charge in [-0.25, -0.2) is 4.98 Å². The molecule has 1 unspecified atom stereocenters. The zero-order valence-corrected chi connectivity index (χ0v) is 16.6. The van der Waals surface area contributed by atoms with Crippen LogP contribution in [0.25, 0.3) is 0 Å². The van der Waals surface area contributed by atoms with E-state index in [0.717, 1.165) is 35.8 Å². The van der Waals surface area contributed by atoms with Crippen LogP contribution in [-0.4, -0.2) is 41.2 Å². The second kappa shape index (κ2) is 8.34. The fourth-order valence-corrected chi connectivity index (χ4v) is 5.36. The van der Waals surface area contributed by atoms with Crippen molar-refractivity contribution in [1.82, 2.24) is 9.88 Å². The number of nitrogens with zero attached hydrogens (tertiary/aromatic N) is 2. The monoisotopic (exact) mass is 382 g/mol. The number of thioether (sulfide) groups is 1. The molecule has 1 amide bonds. The number of benzene rings is 1. The van der Waals surface area contributed by atoms with Crippen molar-refractivity contribution in [3.63, 3.8) is 0 Å². The van der Waals surface area contributed by atoms with Crippen LogP contribution < -0.4 is 4.74 Å². The van der Waals surface area contributed by atoms with E-state index in [1.807, 2.05) is 29.2 Å². The maximum absolute atomic E-state index is 13.2. The zero-order chi connectivity index (χ0) is 18.6. The largest absolute Gasteiger partial charge is 0.497 e. The molecule has 1 aromatic carbocycles. The highest BCUT2D eigenvalue weighted by Crippen LogP contribution is 2.36. The number of hydrogen-bond donors (Lipinski definition) is 0. The minimum atomic E-state index is 0.125. The first-order chi connectivity index (χ1) is 13.2. The van der Waals surface area contributed by atoms with Gasteiger partial charge in [-0.3, -0.25) is 4.79 Å². The number of rotatable bonds is 5. The van der Waals surface area contributed by atoms with Gasteiger partial charge in [-0.05, 0) is 49.1 Å². The molecule has 2 aromatic rings. The second-order valence-corrected chi connectivity index (χ2v) is 8.68. The third-order valence-electron chi connectivity index (χ3n) is 5.64. The van der Waals surface area contributed by atoms with Crippen molar-refractivity contribution < 1.29 is 9.53 Å². The first-order valence-corrected chi connectivity index (χ1v) is 10.7. The standard InChI is InChI=1S/C22H26N2O2S/c1-26-18-10-8-16(9-11-18)17-12-14-24(15-17)22(25)20-7-4-13-23-21(20)27-19-5-2-3-6-19/h4,7-11,13,17,19H,2-3,5-6,12,14-15H2,1H3. The molecule has 1 saturated carbocycles. The predicted octanol–water partition coefficient (Wildman–Crippen LogP) is 4.75. The molecule has 2 aliphatic rings. The van der Waals surface area contributed by atoms with Gasteiger partial charge in [-0.15, -0.1) is 11.8 Å². The Labute approximate surface area is 165 Å². The Balaban J connectivity index is 1.45. The summed E-state index contributed by atoms with van der Waals surface area (Å²) in [5.74, 6) is 1.38. The number of ether oxygens (including phenoxy) is 1. The van der Waals surface area contributed by atoms with E-state index in [9.17, 15) is 4.79 Å². The quantitative estimate of drug-likeness (QED) is 0.748. The highest BCUT2D eigenvalue weighted by atomic mass is 32.2. The van der Waals surface area contributed by atoms with Crippen LogP contribution in [0, 0.1) is 0 Å². The number of carbonyl (C=O) groups is 1. The molecule has 0 spiro atoms. The molecule has 2 heterocycles. The summed E-state index contributed by atoms with van der Waals surface area (Å²) in [5.41, 5.74) is 2.04. The number of likely N-dealkylation sites (tertiary alicyclic amines) is 1. The molecular weight excluding hydrogens is 356 g/mol. The third-order valence-corrected chi connectivity index (χ3v) is 7.00. The lowest BCUT2D eigenvalue weighted by molar-refractivity contribution is 0.0786. The Morgan fingerprint density at radius 3 is 2.67 bits per heavy atom. The minimum absolute atomic E-state index is 0.125. The van der Waals surface area contributed by atoms with Gasteiger partial charge >= 0.3 is 0 Å². The van der Waals surface area contributed by atoms with E-state index >= 15 is 0 Å². The molecule has 0 radical (unpaired) electrons. The maximum Gasteiger partial charge on any atom is 0.256 e. The number of methoxy groups -OCH3 is 1. The topological polar surface area (TPSA) is 42.4 Å². The van der Waals surface area contributed by atoms with Gasteiger partial charge < -0.3 is 9.64 Å². The molecule has 1 aromatic heterocycles. The van der Waals surface area contributed by atoms with Gasteiger partial charge in [0.2, 0.25) is 0 Å². The highest BCUT2D eigenvalue weighted by Gasteiger charge is 2.30. The second-order valence-electron chi connectivity index (χ2n) is 7.39. The number of aromatic nitrogens is 1. The van der Waals surface area contributed by atoms with Crippen molar-refractivity contribution in [2.45, 2.75) is 48.3 Å². The van der Waals surface area contributed by atoms with Gasteiger partial charge in [0.15, 0.2) is 0 Å². The van der Waals surface area contributed by atoms with Gasteiger partial charge in [-0.2, -0.15) is 0 Å². The Hall–Kier alpha value is -2.01. The number of amides is 1. The Morgan fingerprint density at radius 1 is 1.15 bits per heavy atom. The summed E-state index contributed by atoms with van der Waals surface area (Å²) in [7, 11) is 1.68. The van der Waals surface area contributed by atoms with E-state index in [1.54, 1.807) is 25.1 Å². The van der Waals surface area contributed by atoms with E-state index in [4.69, 9.17) is 4.74 Å². The summed E-state index contributed by atoms with van der Waals surface area (Å²) in [4.78, 5) is 19.7. The lowest BCUT2D eigenvalue weighted by Gasteiger charge is -2.19. The van der Waals surface area contributed by atoms with Crippen molar-refractivity contribution >= 4 is 17.7 Å². The summed E-state index contributed by atoms with van der Waals surface area (Å²) < 4.78 is 5.24. The van der Waals surface area contributed by atoms with E-state index in [0.29, 0.717) is 11.2 Å². The van der Waals surface area contributed by atoms with Crippen molar-refractivity contribution in [1.29, 1.82) is 0 Å². The zero-order valence-electron chi connectivity index (χ0n) is 15.8. The molecule has 5 heteroatoms. The van der Waals surface area contributed by atoms with E-state index < -0.39 is 0 Å². The minimum Gasteiger partial charge on any atom is -0.497 e. The molecule has 1 saturated heterocycles. The average molecular weight is 383 g/mol. The van der Waals surface area contributed by atoms with Gasteiger partial charge in [0.05, 0.1) is 12.7 Å². The fraction of sp³-hybridized carbons (Fsp3) is 0.455. The predicted molar refractivity (Wildman–Crippen MR) is 109 cm³/mol. The summed E-state index contributed by atoms with van der Waals surface area (Å²) in [5, 5.41) is 1.51. The summed E-state index contributed by atoms with van der Waals surface area (Å²) >= 11 is 1.79. The first kappa shape index (κ1) is 18.4. The van der Waals surface area contributed by atoms with Gasteiger partial charge in [-0.1, -0.05) is 25.0 Å². The average Bonchev–Trinajstić information content (AvgIpc) is 3.40. The van der Waals surface area contributed by atoms with Crippen LogP contribution in [0.15, 0.2) is 47.6 Å². The van der Waals surface area contributed by atoms with Crippen LogP contribution in [0.5, 0.6) is 5.75 Å². The normalized spacial score (nSPS) is 20.2. The van der Waals surface area contributed by atoms with E-state index in [-0.39, 0.29) is 5.91 Å². The SMILES string of the molecule is COc1ccc(C2CCN(C(=O)c3cccnc3SC3CCCC3)C2)cc1. The van der Waals surface area contributed by atoms with Crippen LogP contribution >= 0.6 is 11.8 Å². The van der Waals surface area contributed by atoms with Crippen molar-refractivity contribution in [3.8, 4) is 5.75 Å². The number of hydrogen-bond acceptors (Lipinski definition) is 4. The van der Waals surface area contributed by atoms with E-state index in [1.165, 1.54) is 31.2 Å². The van der Waals surface area contributed by atoms with Crippen LogP contribution in [-0.2, 0) is 0 Å². The molecule has 1 atom stereocenters.